The van der Waals surface area contributed by atoms with Gasteiger partial charge in [-0.2, -0.15) is 0 Å². The Morgan fingerprint density at radius 1 is 1.48 bits per heavy atom. The van der Waals surface area contributed by atoms with Gasteiger partial charge in [-0.25, -0.2) is 4.79 Å². The summed E-state index contributed by atoms with van der Waals surface area (Å²) in [7, 11) is 0. The third-order valence-corrected chi connectivity index (χ3v) is 4.22. The molecular weight excluding hydrogens is 290 g/mol. The number of aryl methyl sites for hydroxylation is 1. The summed E-state index contributed by atoms with van der Waals surface area (Å²) < 4.78 is 5.43. The topological polar surface area (TPSA) is 68.5 Å². The van der Waals surface area contributed by atoms with E-state index < -0.39 is 5.60 Å². The molecule has 0 aromatic carbocycles. The van der Waals surface area contributed by atoms with Crippen LogP contribution >= 0.6 is 0 Å². The molecule has 1 amide bonds. The third kappa shape index (κ3) is 5.20. The number of hydrogen-bond acceptors (Lipinski definition) is 4. The van der Waals surface area contributed by atoms with E-state index in [4.69, 9.17) is 10.5 Å². The molecule has 2 atom stereocenters. The zero-order valence-electron chi connectivity index (χ0n) is 14.7. The van der Waals surface area contributed by atoms with E-state index >= 15 is 0 Å². The first-order chi connectivity index (χ1) is 10.8. The van der Waals surface area contributed by atoms with Gasteiger partial charge >= 0.3 is 6.09 Å². The molecule has 0 radical (unpaired) electrons. The van der Waals surface area contributed by atoms with Crippen molar-refractivity contribution in [1.29, 1.82) is 0 Å². The lowest BCUT2D eigenvalue weighted by Crippen LogP contribution is -2.38. The van der Waals surface area contributed by atoms with Gasteiger partial charge in [0.05, 0.1) is 0 Å². The van der Waals surface area contributed by atoms with Crippen molar-refractivity contribution < 1.29 is 9.53 Å². The first kappa shape index (κ1) is 17.7. The van der Waals surface area contributed by atoms with E-state index in [1.54, 1.807) is 4.90 Å². The van der Waals surface area contributed by atoms with Crippen LogP contribution in [-0.4, -0.2) is 40.7 Å². The van der Waals surface area contributed by atoms with Gasteiger partial charge < -0.3 is 15.4 Å². The van der Waals surface area contributed by atoms with Crippen LogP contribution in [0.5, 0.6) is 0 Å². The van der Waals surface area contributed by atoms with Gasteiger partial charge in [0.2, 0.25) is 0 Å². The van der Waals surface area contributed by atoms with Crippen LogP contribution in [0.1, 0.15) is 45.4 Å². The van der Waals surface area contributed by atoms with Gasteiger partial charge in [0.1, 0.15) is 5.60 Å². The quantitative estimate of drug-likeness (QED) is 0.926. The molecule has 23 heavy (non-hydrogen) atoms. The summed E-state index contributed by atoms with van der Waals surface area (Å²) in [5.41, 5.74) is 8.15. The van der Waals surface area contributed by atoms with Crippen molar-refractivity contribution in [3.63, 3.8) is 0 Å². The Labute approximate surface area is 139 Å². The van der Waals surface area contributed by atoms with Crippen LogP contribution in [0.15, 0.2) is 18.3 Å². The van der Waals surface area contributed by atoms with Gasteiger partial charge in [0, 0.05) is 37.4 Å². The summed E-state index contributed by atoms with van der Waals surface area (Å²) in [6, 6.07) is 4.18. The normalized spacial score (nSPS) is 19.7. The highest BCUT2D eigenvalue weighted by atomic mass is 16.6. The number of aromatic nitrogens is 1. The van der Waals surface area contributed by atoms with E-state index in [9.17, 15) is 4.79 Å². The van der Waals surface area contributed by atoms with E-state index in [0.717, 1.165) is 31.5 Å². The van der Waals surface area contributed by atoms with Crippen molar-refractivity contribution in [2.24, 2.45) is 11.7 Å². The number of pyridine rings is 1. The van der Waals surface area contributed by atoms with Crippen LogP contribution in [0, 0.1) is 5.92 Å². The molecule has 1 aliphatic heterocycles. The summed E-state index contributed by atoms with van der Waals surface area (Å²) in [5, 5.41) is 0. The highest BCUT2D eigenvalue weighted by Gasteiger charge is 2.32. The maximum absolute atomic E-state index is 12.1. The Kier molecular flexibility index (Phi) is 5.63. The van der Waals surface area contributed by atoms with Crippen molar-refractivity contribution in [2.45, 2.75) is 58.6 Å². The number of carbonyl (C=O) groups excluding carboxylic acids is 1. The van der Waals surface area contributed by atoms with Crippen LogP contribution in [0.25, 0.3) is 0 Å². The molecule has 2 heterocycles. The Morgan fingerprint density at radius 3 is 2.78 bits per heavy atom. The molecule has 1 aliphatic rings. The zero-order chi connectivity index (χ0) is 17.0. The fraction of sp³-hybridized carbons (Fsp3) is 0.667. The first-order valence-electron chi connectivity index (χ1n) is 8.46. The molecule has 128 valence electrons. The minimum Gasteiger partial charge on any atom is -0.444 e. The Hall–Kier alpha value is -1.62. The number of nitrogens with zero attached hydrogens (tertiary/aromatic N) is 2. The fourth-order valence-electron chi connectivity index (χ4n) is 2.82. The Balaban J connectivity index is 1.86. The van der Waals surface area contributed by atoms with Crippen molar-refractivity contribution in [3.05, 3.63) is 29.6 Å². The highest BCUT2D eigenvalue weighted by Crippen LogP contribution is 2.22. The minimum atomic E-state index is -0.456. The van der Waals surface area contributed by atoms with Crippen molar-refractivity contribution in [2.75, 3.05) is 13.1 Å². The van der Waals surface area contributed by atoms with Crippen LogP contribution in [0.2, 0.25) is 0 Å². The lowest BCUT2D eigenvalue weighted by molar-refractivity contribution is 0.0286. The summed E-state index contributed by atoms with van der Waals surface area (Å²) >= 11 is 0. The highest BCUT2D eigenvalue weighted by molar-refractivity contribution is 5.68. The van der Waals surface area contributed by atoms with Crippen molar-refractivity contribution in [3.8, 4) is 0 Å². The summed E-state index contributed by atoms with van der Waals surface area (Å²) in [4.78, 5) is 18.4. The molecule has 2 N–H and O–H groups in total. The summed E-state index contributed by atoms with van der Waals surface area (Å²) in [6.07, 6.45) is 4.35. The first-order valence-corrected chi connectivity index (χ1v) is 8.46. The van der Waals surface area contributed by atoms with Crippen molar-refractivity contribution >= 4 is 6.09 Å². The second-order valence-corrected chi connectivity index (χ2v) is 7.35. The molecule has 0 saturated carbocycles. The number of rotatable bonds is 4. The van der Waals surface area contributed by atoms with Crippen LogP contribution < -0.4 is 5.73 Å². The molecule has 5 nitrogen and oxygen atoms in total. The predicted molar refractivity (Wildman–Crippen MR) is 91.2 cm³/mol. The monoisotopic (exact) mass is 319 g/mol. The average Bonchev–Trinajstić information content (AvgIpc) is 2.96. The van der Waals surface area contributed by atoms with Crippen molar-refractivity contribution in [1.82, 2.24) is 9.88 Å². The Bertz CT molecular complexity index is 522. The molecule has 1 aromatic rings. The maximum Gasteiger partial charge on any atom is 0.410 e. The minimum absolute atomic E-state index is 0.0161. The van der Waals surface area contributed by atoms with Crippen LogP contribution in [0.4, 0.5) is 4.79 Å². The molecule has 0 aliphatic carbocycles. The third-order valence-electron chi connectivity index (χ3n) is 4.22. The number of likely N-dealkylation sites (tertiary alicyclic amines) is 1. The largest absolute Gasteiger partial charge is 0.444 e. The number of carbonyl (C=O) groups is 1. The Morgan fingerprint density at radius 2 is 2.22 bits per heavy atom. The summed E-state index contributed by atoms with van der Waals surface area (Å²) in [5.74, 6) is 0.301. The fourth-order valence-corrected chi connectivity index (χ4v) is 2.82. The average molecular weight is 319 g/mol. The van der Waals surface area contributed by atoms with Gasteiger partial charge in [0.25, 0.3) is 0 Å². The maximum atomic E-state index is 12.1. The van der Waals surface area contributed by atoms with Gasteiger partial charge in [-0.05, 0) is 51.2 Å². The molecule has 1 fully saturated rings. The lowest BCUT2D eigenvalue weighted by atomic mass is 9.95. The van der Waals surface area contributed by atoms with Crippen LogP contribution in [-0.2, 0) is 17.6 Å². The van der Waals surface area contributed by atoms with E-state index in [1.165, 1.54) is 5.56 Å². The second-order valence-electron chi connectivity index (χ2n) is 7.35. The molecule has 2 unspecified atom stereocenters. The van der Waals surface area contributed by atoms with E-state index in [0.29, 0.717) is 12.5 Å². The van der Waals surface area contributed by atoms with Gasteiger partial charge in [-0.1, -0.05) is 13.0 Å². The standard InChI is InChI=1S/C18H29N3O2/c1-5-13-6-7-15(20-11-13)10-16(19)14-8-9-21(12-14)17(22)23-18(2,3)4/h6-7,11,14,16H,5,8-10,12,19H2,1-4H3. The molecule has 2 rings (SSSR count). The van der Waals surface area contributed by atoms with Crippen LogP contribution in [0.3, 0.4) is 0 Å². The molecule has 5 heteroatoms. The molecule has 0 spiro atoms. The lowest BCUT2D eigenvalue weighted by Gasteiger charge is -2.25. The van der Waals surface area contributed by atoms with E-state index in [1.807, 2.05) is 27.0 Å². The van der Waals surface area contributed by atoms with E-state index in [2.05, 4.69) is 24.0 Å². The number of hydrogen-bond donors (Lipinski definition) is 1. The molecule has 1 saturated heterocycles. The molecular formula is C18H29N3O2. The van der Waals surface area contributed by atoms with E-state index in [-0.39, 0.29) is 12.1 Å². The van der Waals surface area contributed by atoms with Gasteiger partial charge in [-0.15, -0.1) is 0 Å². The SMILES string of the molecule is CCc1ccc(CC(N)C2CCN(C(=O)OC(C)(C)C)C2)nc1. The predicted octanol–water partition coefficient (Wildman–Crippen LogP) is 2.77. The smallest absolute Gasteiger partial charge is 0.410 e. The molecule has 0 bridgehead atoms. The van der Waals surface area contributed by atoms with Gasteiger partial charge in [0.15, 0.2) is 0 Å². The second kappa shape index (κ2) is 7.30. The number of nitrogens with two attached hydrogens (primary N) is 1. The van der Waals surface area contributed by atoms with Gasteiger partial charge in [-0.3, -0.25) is 4.98 Å². The number of ether oxygens (including phenoxy) is 1. The number of amides is 1. The molecule has 1 aromatic heterocycles. The summed E-state index contributed by atoms with van der Waals surface area (Å²) in [6.45, 7) is 9.16. The zero-order valence-corrected chi connectivity index (χ0v) is 14.7.